The molecule has 0 radical (unpaired) electrons. The average molecular weight is 483 g/mol. The Hall–Kier alpha value is -0.830. The van der Waals surface area contributed by atoms with Gasteiger partial charge in [0.05, 0.1) is 12.2 Å². The van der Waals surface area contributed by atoms with Gasteiger partial charge in [0.25, 0.3) is 0 Å². The van der Waals surface area contributed by atoms with Gasteiger partial charge in [-0.15, -0.1) is 0 Å². The molecule has 1 saturated heterocycles. The number of esters is 1. The summed E-state index contributed by atoms with van der Waals surface area (Å²) in [4.78, 5) is 11.9. The van der Waals surface area contributed by atoms with E-state index in [4.69, 9.17) is 9.47 Å². The summed E-state index contributed by atoms with van der Waals surface area (Å²) in [5.74, 6) is 1.71. The molecular weight excluding hydrogens is 432 g/mol. The van der Waals surface area contributed by atoms with Gasteiger partial charge in [0.1, 0.15) is 6.10 Å². The topological polar surface area (TPSA) is 38.8 Å². The van der Waals surface area contributed by atoms with Gasteiger partial charge in [-0.05, 0) is 84.9 Å². The predicted molar refractivity (Wildman–Crippen MR) is 140 cm³/mol. The lowest BCUT2D eigenvalue weighted by Gasteiger charge is -2.69. The largest absolute Gasteiger partial charge is 0.462 e. The first-order chi connectivity index (χ1) is 16.1. The van der Waals surface area contributed by atoms with Gasteiger partial charge in [-0.3, -0.25) is 4.79 Å². The van der Waals surface area contributed by atoms with Gasteiger partial charge in [0.2, 0.25) is 0 Å². The maximum atomic E-state index is 11.9. The Morgan fingerprint density at radius 1 is 0.943 bits per heavy atom. The molecule has 1 heterocycles. The SMILES string of the molecule is CC(=O)OC1CC[C@@]2(C)[C@H](CC[C@@]3(C)C4=CC[C@@]5(C)CCC(C)(C)C[C@@H]5[C@]4(C)C4OC4[C@@H]23)C1(C)C. The molecule has 5 fully saturated rings. The number of fused-ring (bicyclic) bond motifs is 10. The second-order valence-electron chi connectivity index (χ2n) is 16.2. The van der Waals surface area contributed by atoms with Crippen LogP contribution in [0.15, 0.2) is 11.6 Å². The Bertz CT molecular complexity index is 977. The van der Waals surface area contributed by atoms with Gasteiger partial charge in [-0.1, -0.05) is 67.0 Å². The molecular formula is C32H50O3. The van der Waals surface area contributed by atoms with Crippen LogP contribution in [-0.4, -0.2) is 24.3 Å². The summed E-state index contributed by atoms with van der Waals surface area (Å²) in [5.41, 5.74) is 3.23. The molecule has 0 aromatic rings. The summed E-state index contributed by atoms with van der Waals surface area (Å²) < 4.78 is 12.8. The van der Waals surface area contributed by atoms with Crippen molar-refractivity contribution >= 4 is 5.97 Å². The van der Waals surface area contributed by atoms with E-state index in [1.165, 1.54) is 38.5 Å². The molecule has 0 spiro atoms. The lowest BCUT2D eigenvalue weighted by Crippen LogP contribution is -2.65. The maximum absolute atomic E-state index is 11.9. The zero-order valence-electron chi connectivity index (χ0n) is 23.9. The molecule has 10 atom stereocenters. The summed E-state index contributed by atoms with van der Waals surface area (Å²) in [6, 6.07) is 0. The van der Waals surface area contributed by atoms with E-state index >= 15 is 0 Å². The number of allylic oxidation sites excluding steroid dienone is 1. The van der Waals surface area contributed by atoms with Gasteiger partial charge in [0.15, 0.2) is 0 Å². The van der Waals surface area contributed by atoms with Crippen LogP contribution < -0.4 is 0 Å². The van der Waals surface area contributed by atoms with Crippen molar-refractivity contribution in [1.29, 1.82) is 0 Å². The summed E-state index contributed by atoms with van der Waals surface area (Å²) >= 11 is 0. The highest BCUT2D eigenvalue weighted by Crippen LogP contribution is 2.78. The molecule has 5 aliphatic carbocycles. The van der Waals surface area contributed by atoms with Crippen molar-refractivity contribution in [3.63, 3.8) is 0 Å². The van der Waals surface area contributed by atoms with E-state index in [2.05, 4.69) is 61.5 Å². The first-order valence-corrected chi connectivity index (χ1v) is 14.6. The number of ether oxygens (including phenoxy) is 2. The minimum Gasteiger partial charge on any atom is -0.462 e. The zero-order valence-corrected chi connectivity index (χ0v) is 23.9. The molecule has 3 nitrogen and oxygen atoms in total. The molecule has 6 aliphatic rings. The Labute approximate surface area is 214 Å². The lowest BCUT2D eigenvalue weighted by molar-refractivity contribution is -0.195. The van der Waals surface area contributed by atoms with Crippen molar-refractivity contribution in [3.05, 3.63) is 11.6 Å². The molecule has 0 N–H and O–H groups in total. The molecule has 0 aromatic carbocycles. The summed E-state index contributed by atoms with van der Waals surface area (Å²) in [5, 5.41) is 0. The Balaban J connectivity index is 1.41. The van der Waals surface area contributed by atoms with Crippen molar-refractivity contribution in [2.45, 2.75) is 132 Å². The van der Waals surface area contributed by atoms with Crippen LogP contribution in [0.4, 0.5) is 0 Å². The molecule has 35 heavy (non-hydrogen) atoms. The van der Waals surface area contributed by atoms with Crippen LogP contribution in [-0.2, 0) is 14.3 Å². The Morgan fingerprint density at radius 3 is 2.34 bits per heavy atom. The van der Waals surface area contributed by atoms with Crippen LogP contribution in [0.2, 0.25) is 0 Å². The van der Waals surface area contributed by atoms with Crippen LogP contribution >= 0.6 is 0 Å². The van der Waals surface area contributed by atoms with Crippen LogP contribution in [0.5, 0.6) is 0 Å². The zero-order chi connectivity index (χ0) is 25.4. The molecule has 3 unspecified atom stereocenters. The van der Waals surface area contributed by atoms with E-state index in [-0.39, 0.29) is 33.7 Å². The van der Waals surface area contributed by atoms with Crippen molar-refractivity contribution < 1.29 is 14.3 Å². The van der Waals surface area contributed by atoms with Crippen molar-refractivity contribution in [2.24, 2.45) is 50.2 Å². The number of epoxide rings is 1. The molecule has 0 aromatic heterocycles. The van der Waals surface area contributed by atoms with E-state index in [1.54, 1.807) is 12.5 Å². The van der Waals surface area contributed by atoms with E-state index < -0.39 is 0 Å². The number of rotatable bonds is 1. The van der Waals surface area contributed by atoms with Crippen molar-refractivity contribution in [3.8, 4) is 0 Å². The van der Waals surface area contributed by atoms with E-state index in [9.17, 15) is 4.79 Å². The molecule has 196 valence electrons. The molecule has 6 rings (SSSR count). The number of carbonyl (C=O) groups is 1. The van der Waals surface area contributed by atoms with Gasteiger partial charge in [-0.25, -0.2) is 0 Å². The minimum absolute atomic E-state index is 0.00194. The number of hydrogen-bond donors (Lipinski definition) is 0. The Kier molecular flexibility index (Phi) is 4.88. The maximum Gasteiger partial charge on any atom is 0.302 e. The highest BCUT2D eigenvalue weighted by atomic mass is 16.6. The first kappa shape index (κ1) is 24.5. The van der Waals surface area contributed by atoms with Gasteiger partial charge >= 0.3 is 5.97 Å². The fraction of sp³-hybridized carbons (Fsp3) is 0.906. The molecule has 4 saturated carbocycles. The van der Waals surface area contributed by atoms with Crippen molar-refractivity contribution in [2.75, 3.05) is 0 Å². The highest BCUT2D eigenvalue weighted by molar-refractivity contribution is 5.66. The van der Waals surface area contributed by atoms with E-state index in [0.717, 1.165) is 12.8 Å². The Morgan fingerprint density at radius 2 is 1.66 bits per heavy atom. The lowest BCUT2D eigenvalue weighted by atomic mass is 9.34. The highest BCUT2D eigenvalue weighted by Gasteiger charge is 2.77. The predicted octanol–water partition coefficient (Wildman–Crippen LogP) is 7.73. The fourth-order valence-corrected chi connectivity index (χ4v) is 11.6. The van der Waals surface area contributed by atoms with Crippen LogP contribution in [0.25, 0.3) is 0 Å². The third-order valence-electron chi connectivity index (χ3n) is 13.2. The molecule has 1 aliphatic heterocycles. The monoisotopic (exact) mass is 482 g/mol. The standard InChI is InChI=1S/C32H50O3/c1-19(33)34-23-12-15-30(7)20(28(23,4)5)11-14-31(8)21-10-13-29(6)17-16-27(2,3)18-22(29)32(21,9)26-24(35-26)25(30)31/h10,20,22-26H,11-18H2,1-9H3/t20-,22+,23?,24?,25+,26?,29+,30+,31+,32-/m1/s1. The first-order valence-electron chi connectivity index (χ1n) is 14.6. The third kappa shape index (κ3) is 3.03. The number of carbonyl (C=O) groups excluding carboxylic acids is 1. The van der Waals surface area contributed by atoms with E-state index in [1.807, 2.05) is 0 Å². The quantitative estimate of drug-likeness (QED) is 0.218. The summed E-state index contributed by atoms with van der Waals surface area (Å²) in [7, 11) is 0. The van der Waals surface area contributed by atoms with Crippen molar-refractivity contribution in [1.82, 2.24) is 0 Å². The molecule has 0 bridgehead atoms. The molecule has 3 heteroatoms. The third-order valence-corrected chi connectivity index (χ3v) is 13.2. The van der Waals surface area contributed by atoms with Crippen LogP contribution in [0.3, 0.4) is 0 Å². The van der Waals surface area contributed by atoms with Gasteiger partial charge in [0, 0.05) is 23.7 Å². The van der Waals surface area contributed by atoms with Gasteiger partial charge in [-0.2, -0.15) is 0 Å². The van der Waals surface area contributed by atoms with E-state index in [0.29, 0.717) is 40.8 Å². The average Bonchev–Trinajstić information content (AvgIpc) is 3.52. The summed E-state index contributed by atoms with van der Waals surface area (Å²) in [6.07, 6.45) is 13.4. The second kappa shape index (κ2) is 6.97. The second-order valence-corrected chi connectivity index (χ2v) is 16.2. The number of hydrogen-bond acceptors (Lipinski definition) is 3. The molecule has 0 amide bonds. The van der Waals surface area contributed by atoms with Gasteiger partial charge < -0.3 is 9.47 Å². The smallest absolute Gasteiger partial charge is 0.302 e. The van der Waals surface area contributed by atoms with Crippen LogP contribution in [0.1, 0.15) is 114 Å². The normalized spacial score (nSPS) is 55.2. The summed E-state index contributed by atoms with van der Waals surface area (Å²) in [6.45, 7) is 21.7. The van der Waals surface area contributed by atoms with Crippen LogP contribution in [0, 0.1) is 50.2 Å². The fourth-order valence-electron chi connectivity index (χ4n) is 11.6. The minimum atomic E-state index is -0.128.